The molecule has 1 heterocycles. The van der Waals surface area contributed by atoms with E-state index in [-0.39, 0.29) is 15.4 Å². The number of furan rings is 1. The Bertz CT molecular complexity index is 531. The summed E-state index contributed by atoms with van der Waals surface area (Å²) in [6.07, 6.45) is 0.776. The fourth-order valence-electron chi connectivity index (χ4n) is 1.79. The Hall–Kier alpha value is -0.0800. The number of hydrogen-bond acceptors (Lipinski definition) is 4. The molecule has 20 heavy (non-hydrogen) atoms. The molecular formula is C12H20BrClN2O3S. The molecule has 0 saturated carbocycles. The Kier molecular flexibility index (Phi) is 7.00. The summed E-state index contributed by atoms with van der Waals surface area (Å²) in [6.45, 7) is 3.56. The maximum atomic E-state index is 12.6. The highest BCUT2D eigenvalue weighted by atomic mass is 79.9. The summed E-state index contributed by atoms with van der Waals surface area (Å²) in [5.41, 5.74) is 0. The standard InChI is InChI=1S/C12H20BrClN2O3S/c1-4-16(7-5-6-15(2)3)20(17,18)11-8-10(9-14)19-12(11)13/h8H,4-7,9H2,1-3H3. The Morgan fingerprint density at radius 3 is 2.45 bits per heavy atom. The number of halogens is 2. The van der Waals surface area contributed by atoms with Gasteiger partial charge in [0.15, 0.2) is 4.67 Å². The maximum Gasteiger partial charge on any atom is 0.247 e. The van der Waals surface area contributed by atoms with Crippen molar-refractivity contribution in [2.45, 2.75) is 24.1 Å². The molecule has 116 valence electrons. The molecule has 5 nitrogen and oxygen atoms in total. The Balaban J connectivity index is 2.90. The number of sulfonamides is 1. The molecule has 0 aliphatic carbocycles. The molecule has 8 heteroatoms. The topological polar surface area (TPSA) is 53.8 Å². The van der Waals surface area contributed by atoms with Crippen LogP contribution in [0.15, 0.2) is 20.0 Å². The van der Waals surface area contributed by atoms with Gasteiger partial charge in [-0.1, -0.05) is 6.92 Å². The van der Waals surface area contributed by atoms with Crippen molar-refractivity contribution in [2.24, 2.45) is 0 Å². The molecule has 0 aliphatic rings. The second kappa shape index (κ2) is 7.79. The zero-order chi connectivity index (χ0) is 15.3. The molecule has 0 aliphatic heterocycles. The molecule has 0 aromatic carbocycles. The fourth-order valence-corrected chi connectivity index (χ4v) is 4.37. The van der Waals surface area contributed by atoms with Gasteiger partial charge in [-0.15, -0.1) is 11.6 Å². The molecule has 0 amide bonds. The highest BCUT2D eigenvalue weighted by Gasteiger charge is 2.28. The first-order valence-electron chi connectivity index (χ1n) is 6.32. The van der Waals surface area contributed by atoms with Crippen LogP contribution in [-0.4, -0.2) is 51.4 Å². The number of hydrogen-bond donors (Lipinski definition) is 0. The first-order valence-corrected chi connectivity index (χ1v) is 9.08. The van der Waals surface area contributed by atoms with Crippen LogP contribution in [0.3, 0.4) is 0 Å². The van der Waals surface area contributed by atoms with Crippen LogP contribution in [0.4, 0.5) is 0 Å². The summed E-state index contributed by atoms with van der Waals surface area (Å²) in [6, 6.07) is 1.47. The van der Waals surface area contributed by atoms with Gasteiger partial charge in [0.25, 0.3) is 0 Å². The molecular weight excluding hydrogens is 368 g/mol. The van der Waals surface area contributed by atoms with Crippen LogP contribution in [0, 0.1) is 0 Å². The normalized spacial score (nSPS) is 12.6. The van der Waals surface area contributed by atoms with Crippen LogP contribution < -0.4 is 0 Å². The third-order valence-corrected chi connectivity index (χ3v) is 5.92. The van der Waals surface area contributed by atoms with E-state index in [0.29, 0.717) is 18.8 Å². The van der Waals surface area contributed by atoms with Crippen LogP contribution in [0.5, 0.6) is 0 Å². The van der Waals surface area contributed by atoms with Crippen molar-refractivity contribution in [3.05, 3.63) is 16.5 Å². The lowest BCUT2D eigenvalue weighted by Gasteiger charge is -2.20. The lowest BCUT2D eigenvalue weighted by atomic mass is 10.4. The molecule has 0 bridgehead atoms. The predicted molar refractivity (Wildman–Crippen MR) is 83.6 cm³/mol. The largest absolute Gasteiger partial charge is 0.452 e. The third-order valence-electron chi connectivity index (χ3n) is 2.82. The van der Waals surface area contributed by atoms with Gasteiger partial charge < -0.3 is 9.32 Å². The zero-order valence-electron chi connectivity index (χ0n) is 11.9. The SMILES string of the molecule is CCN(CCCN(C)C)S(=O)(=O)c1cc(CCl)oc1Br. The average molecular weight is 388 g/mol. The van der Waals surface area contributed by atoms with E-state index < -0.39 is 10.0 Å². The Labute approximate surface area is 134 Å². The minimum Gasteiger partial charge on any atom is -0.452 e. The minimum absolute atomic E-state index is 0.139. The minimum atomic E-state index is -3.55. The number of alkyl halides is 1. The van der Waals surface area contributed by atoms with Gasteiger partial charge in [0.1, 0.15) is 10.7 Å². The van der Waals surface area contributed by atoms with Crippen molar-refractivity contribution in [1.29, 1.82) is 0 Å². The van der Waals surface area contributed by atoms with Gasteiger partial charge in [0.2, 0.25) is 10.0 Å². The van der Waals surface area contributed by atoms with Gasteiger partial charge >= 0.3 is 0 Å². The summed E-state index contributed by atoms with van der Waals surface area (Å²) in [5, 5.41) is 0. The monoisotopic (exact) mass is 386 g/mol. The summed E-state index contributed by atoms with van der Waals surface area (Å²) in [4.78, 5) is 2.17. The molecule has 0 N–H and O–H groups in total. The molecule has 0 spiro atoms. The fraction of sp³-hybridized carbons (Fsp3) is 0.667. The Morgan fingerprint density at radius 2 is 2.00 bits per heavy atom. The van der Waals surface area contributed by atoms with Crippen molar-refractivity contribution >= 4 is 37.6 Å². The lowest BCUT2D eigenvalue weighted by molar-refractivity contribution is 0.355. The summed E-state index contributed by atoms with van der Waals surface area (Å²) in [7, 11) is 0.372. The van der Waals surface area contributed by atoms with E-state index in [1.807, 2.05) is 25.9 Å². The molecule has 0 saturated heterocycles. The number of nitrogens with zero attached hydrogens (tertiary/aromatic N) is 2. The molecule has 0 fully saturated rings. The second-order valence-corrected chi connectivity index (χ2v) is 7.53. The predicted octanol–water partition coefficient (Wildman–Crippen LogP) is 2.74. The second-order valence-electron chi connectivity index (χ2n) is 4.64. The zero-order valence-corrected chi connectivity index (χ0v) is 15.1. The van der Waals surface area contributed by atoms with E-state index in [0.717, 1.165) is 13.0 Å². The van der Waals surface area contributed by atoms with Gasteiger partial charge in [-0.05, 0) is 43.0 Å². The smallest absolute Gasteiger partial charge is 0.247 e. The van der Waals surface area contributed by atoms with E-state index in [4.69, 9.17) is 16.0 Å². The van der Waals surface area contributed by atoms with Gasteiger partial charge in [-0.3, -0.25) is 0 Å². The van der Waals surface area contributed by atoms with Crippen LogP contribution >= 0.6 is 27.5 Å². The molecule has 1 rings (SSSR count). The summed E-state index contributed by atoms with van der Waals surface area (Å²) in [5.74, 6) is 0.572. The highest BCUT2D eigenvalue weighted by Crippen LogP contribution is 2.29. The van der Waals surface area contributed by atoms with E-state index >= 15 is 0 Å². The van der Waals surface area contributed by atoms with Crippen LogP contribution in [0.2, 0.25) is 0 Å². The molecule has 0 radical (unpaired) electrons. The van der Waals surface area contributed by atoms with Crippen LogP contribution in [0.25, 0.3) is 0 Å². The molecule has 1 aromatic heterocycles. The van der Waals surface area contributed by atoms with Gasteiger partial charge in [-0.2, -0.15) is 4.31 Å². The third kappa shape index (κ3) is 4.46. The summed E-state index contributed by atoms with van der Waals surface area (Å²) >= 11 is 8.81. The average Bonchev–Trinajstić information content (AvgIpc) is 2.76. The summed E-state index contributed by atoms with van der Waals surface area (Å²) < 4.78 is 32.1. The first kappa shape index (κ1) is 18.0. The van der Waals surface area contributed by atoms with Gasteiger partial charge in [0, 0.05) is 19.2 Å². The van der Waals surface area contributed by atoms with Crippen LogP contribution in [-0.2, 0) is 15.9 Å². The molecule has 0 atom stereocenters. The van der Waals surface area contributed by atoms with Crippen molar-refractivity contribution < 1.29 is 12.8 Å². The van der Waals surface area contributed by atoms with Crippen molar-refractivity contribution in [2.75, 3.05) is 33.7 Å². The maximum absolute atomic E-state index is 12.6. The highest BCUT2D eigenvalue weighted by molar-refractivity contribution is 9.10. The molecule has 1 aromatic rings. The van der Waals surface area contributed by atoms with Crippen molar-refractivity contribution in [3.63, 3.8) is 0 Å². The van der Waals surface area contributed by atoms with Gasteiger partial charge in [-0.25, -0.2) is 8.42 Å². The number of rotatable bonds is 8. The van der Waals surface area contributed by atoms with E-state index in [9.17, 15) is 8.42 Å². The van der Waals surface area contributed by atoms with Crippen molar-refractivity contribution in [1.82, 2.24) is 9.21 Å². The quantitative estimate of drug-likeness (QED) is 0.644. The van der Waals surface area contributed by atoms with E-state index in [2.05, 4.69) is 15.9 Å². The van der Waals surface area contributed by atoms with E-state index in [1.54, 1.807) is 0 Å². The Morgan fingerprint density at radius 1 is 1.35 bits per heavy atom. The molecule has 0 unspecified atom stereocenters. The van der Waals surface area contributed by atoms with Crippen molar-refractivity contribution in [3.8, 4) is 0 Å². The first-order chi connectivity index (χ1) is 9.32. The van der Waals surface area contributed by atoms with E-state index in [1.165, 1.54) is 10.4 Å². The lowest BCUT2D eigenvalue weighted by Crippen LogP contribution is -2.33. The van der Waals surface area contributed by atoms with Crippen LogP contribution in [0.1, 0.15) is 19.1 Å². The van der Waals surface area contributed by atoms with Gasteiger partial charge in [0.05, 0.1) is 5.88 Å².